The summed E-state index contributed by atoms with van der Waals surface area (Å²) in [5.41, 5.74) is 15.0. The third-order valence-corrected chi connectivity index (χ3v) is 3.07. The van der Waals surface area contributed by atoms with Gasteiger partial charge in [0.15, 0.2) is 12.4 Å². The molecule has 0 aliphatic carbocycles. The summed E-state index contributed by atoms with van der Waals surface area (Å²) >= 11 is 0. The molecule has 1 rings (SSSR count). The number of nitrogens with two attached hydrogens (primary N) is 3. The molecule has 1 heterocycles. The van der Waals surface area contributed by atoms with E-state index in [1.807, 2.05) is 0 Å². The van der Waals surface area contributed by atoms with Gasteiger partial charge in [-0.3, -0.25) is 14.4 Å². The molecule has 11 nitrogen and oxygen atoms in total. The fraction of sp³-hybridized carbons (Fsp3) is 0.727. The molecule has 0 spiro atoms. The molecule has 11 heteroatoms. The maximum atomic E-state index is 11.2. The first-order valence-electron chi connectivity index (χ1n) is 6.35. The van der Waals surface area contributed by atoms with Crippen LogP contribution < -0.4 is 17.2 Å². The standard InChI is InChI=1S/C11H19N3O8/c12-6(17)2-5(9(13)19)21-11-4(16)1-3(15)7(18)8(22-11)10(14)20/h3-5,7-8,11,15-16,18H,1-2H2,(H2,12,17)(H2,13,19)(H2,14,20)/t3?,4?,5?,7-,8?,11-/m0/s1. The molecule has 126 valence electrons. The number of hydrogen-bond acceptors (Lipinski definition) is 8. The highest BCUT2D eigenvalue weighted by Gasteiger charge is 2.42. The Morgan fingerprint density at radius 3 is 2.18 bits per heavy atom. The lowest BCUT2D eigenvalue weighted by Crippen LogP contribution is -2.48. The van der Waals surface area contributed by atoms with Gasteiger partial charge >= 0.3 is 0 Å². The zero-order valence-corrected chi connectivity index (χ0v) is 11.5. The maximum absolute atomic E-state index is 11.2. The van der Waals surface area contributed by atoms with Gasteiger partial charge < -0.3 is 42.0 Å². The molecule has 9 N–H and O–H groups in total. The zero-order chi connectivity index (χ0) is 17.0. The molecule has 0 bridgehead atoms. The summed E-state index contributed by atoms with van der Waals surface area (Å²) in [5.74, 6) is -3.05. The Balaban J connectivity index is 2.92. The van der Waals surface area contributed by atoms with E-state index in [4.69, 9.17) is 26.7 Å². The first-order chi connectivity index (χ1) is 10.1. The third-order valence-electron chi connectivity index (χ3n) is 3.07. The van der Waals surface area contributed by atoms with Gasteiger partial charge in [-0.15, -0.1) is 0 Å². The molecule has 0 aromatic heterocycles. The van der Waals surface area contributed by atoms with Crippen molar-refractivity contribution >= 4 is 17.7 Å². The molecule has 22 heavy (non-hydrogen) atoms. The van der Waals surface area contributed by atoms with Crippen molar-refractivity contribution in [2.45, 2.75) is 49.7 Å². The second-order valence-electron chi connectivity index (χ2n) is 4.89. The fourth-order valence-electron chi connectivity index (χ4n) is 1.93. The Morgan fingerprint density at radius 1 is 1.14 bits per heavy atom. The van der Waals surface area contributed by atoms with E-state index in [9.17, 15) is 29.7 Å². The molecule has 0 radical (unpaired) electrons. The second-order valence-corrected chi connectivity index (χ2v) is 4.89. The summed E-state index contributed by atoms with van der Waals surface area (Å²) < 4.78 is 10.1. The molecule has 6 atom stereocenters. The van der Waals surface area contributed by atoms with Gasteiger partial charge in [-0.1, -0.05) is 0 Å². The lowest BCUT2D eigenvalue weighted by Gasteiger charge is -2.26. The Hall–Kier alpha value is -1.79. The molecule has 1 saturated heterocycles. The van der Waals surface area contributed by atoms with E-state index >= 15 is 0 Å². The van der Waals surface area contributed by atoms with E-state index in [-0.39, 0.29) is 0 Å². The minimum absolute atomic E-state index is 0.419. The second kappa shape index (κ2) is 7.47. The molecule has 1 aliphatic heterocycles. The Labute approximate surface area is 124 Å². The lowest BCUT2D eigenvalue weighted by atomic mass is 10.0. The van der Waals surface area contributed by atoms with E-state index in [1.165, 1.54) is 0 Å². The number of carbonyl (C=O) groups is 3. The molecular weight excluding hydrogens is 302 g/mol. The van der Waals surface area contributed by atoms with Crippen LogP contribution in [0.1, 0.15) is 12.8 Å². The average Bonchev–Trinajstić information content (AvgIpc) is 2.48. The minimum atomic E-state index is -1.69. The molecule has 4 unspecified atom stereocenters. The SMILES string of the molecule is NC(=O)CC(O[C@H]1OC(C(N)=O)[C@@H](O)C(O)CC1O)C(N)=O. The number of rotatable bonds is 6. The van der Waals surface area contributed by atoms with Gasteiger partial charge in [0.05, 0.1) is 12.5 Å². The Kier molecular flexibility index (Phi) is 6.20. The van der Waals surface area contributed by atoms with Crippen molar-refractivity contribution in [1.29, 1.82) is 0 Å². The quantitative estimate of drug-likeness (QED) is 0.279. The molecule has 1 fully saturated rings. The molecule has 0 aromatic carbocycles. The van der Waals surface area contributed by atoms with Crippen LogP contribution in [0.15, 0.2) is 0 Å². The van der Waals surface area contributed by atoms with Gasteiger partial charge in [0.1, 0.15) is 18.3 Å². The van der Waals surface area contributed by atoms with Crippen molar-refractivity contribution in [2.24, 2.45) is 17.2 Å². The molecule has 0 aromatic rings. The summed E-state index contributed by atoms with van der Waals surface area (Å²) in [5, 5.41) is 29.2. The van der Waals surface area contributed by atoms with Gasteiger partial charge in [0.25, 0.3) is 0 Å². The van der Waals surface area contributed by atoms with Crippen molar-refractivity contribution in [2.75, 3.05) is 0 Å². The highest BCUT2D eigenvalue weighted by molar-refractivity contribution is 5.85. The van der Waals surface area contributed by atoms with Crippen molar-refractivity contribution in [1.82, 2.24) is 0 Å². The monoisotopic (exact) mass is 321 g/mol. The number of amides is 3. The average molecular weight is 321 g/mol. The van der Waals surface area contributed by atoms with Crippen molar-refractivity contribution in [3.63, 3.8) is 0 Å². The van der Waals surface area contributed by atoms with Crippen LogP contribution in [-0.2, 0) is 23.9 Å². The van der Waals surface area contributed by atoms with Gasteiger partial charge in [0.2, 0.25) is 17.7 Å². The highest BCUT2D eigenvalue weighted by Crippen LogP contribution is 2.22. The van der Waals surface area contributed by atoms with Crippen LogP contribution in [0.4, 0.5) is 0 Å². The summed E-state index contributed by atoms with van der Waals surface area (Å²) in [6.45, 7) is 0. The predicted molar refractivity (Wildman–Crippen MR) is 68.4 cm³/mol. The molecule has 3 amide bonds. The van der Waals surface area contributed by atoms with E-state index in [0.717, 1.165) is 0 Å². The van der Waals surface area contributed by atoms with Crippen molar-refractivity contribution in [3.8, 4) is 0 Å². The van der Waals surface area contributed by atoms with E-state index in [0.29, 0.717) is 0 Å². The van der Waals surface area contributed by atoms with Crippen LogP contribution in [0.2, 0.25) is 0 Å². The number of aliphatic hydroxyl groups is 3. The van der Waals surface area contributed by atoms with Gasteiger partial charge in [-0.25, -0.2) is 0 Å². The summed E-state index contributed by atoms with van der Waals surface area (Å²) in [6, 6.07) is 0. The van der Waals surface area contributed by atoms with Crippen LogP contribution >= 0.6 is 0 Å². The van der Waals surface area contributed by atoms with Gasteiger partial charge in [0, 0.05) is 6.42 Å². The van der Waals surface area contributed by atoms with E-state index in [1.54, 1.807) is 0 Å². The minimum Gasteiger partial charge on any atom is -0.390 e. The Bertz CT molecular complexity index is 445. The third kappa shape index (κ3) is 4.61. The first kappa shape index (κ1) is 18.3. The van der Waals surface area contributed by atoms with Crippen LogP contribution in [0.25, 0.3) is 0 Å². The topological polar surface area (TPSA) is 208 Å². The number of aliphatic hydroxyl groups excluding tert-OH is 3. The van der Waals surface area contributed by atoms with Crippen LogP contribution in [-0.4, -0.2) is 69.9 Å². The normalized spacial score (nSPS) is 33.7. The smallest absolute Gasteiger partial charge is 0.249 e. The van der Waals surface area contributed by atoms with Crippen LogP contribution in [0.5, 0.6) is 0 Å². The summed E-state index contributed by atoms with van der Waals surface area (Å²) in [6.07, 6.45) is -10.5. The molecular formula is C11H19N3O8. The predicted octanol–water partition coefficient (Wildman–Crippen LogP) is -4.58. The van der Waals surface area contributed by atoms with Gasteiger partial charge in [-0.05, 0) is 0 Å². The zero-order valence-electron chi connectivity index (χ0n) is 11.5. The van der Waals surface area contributed by atoms with Crippen LogP contribution in [0, 0.1) is 0 Å². The summed E-state index contributed by atoms with van der Waals surface area (Å²) in [4.78, 5) is 33.3. The lowest BCUT2D eigenvalue weighted by molar-refractivity contribution is -0.232. The number of hydrogen-bond donors (Lipinski definition) is 6. The number of ether oxygens (including phenoxy) is 2. The van der Waals surface area contributed by atoms with E-state index < -0.39 is 67.4 Å². The highest BCUT2D eigenvalue weighted by atomic mass is 16.7. The van der Waals surface area contributed by atoms with E-state index in [2.05, 4.69) is 0 Å². The number of primary amides is 3. The van der Waals surface area contributed by atoms with Crippen molar-refractivity contribution in [3.05, 3.63) is 0 Å². The maximum Gasteiger partial charge on any atom is 0.249 e. The van der Waals surface area contributed by atoms with Crippen molar-refractivity contribution < 1.29 is 39.2 Å². The largest absolute Gasteiger partial charge is 0.390 e. The molecule has 0 saturated carbocycles. The molecule has 1 aliphatic rings. The fourth-order valence-corrected chi connectivity index (χ4v) is 1.93. The van der Waals surface area contributed by atoms with Gasteiger partial charge in [-0.2, -0.15) is 0 Å². The Morgan fingerprint density at radius 2 is 1.73 bits per heavy atom. The first-order valence-corrected chi connectivity index (χ1v) is 6.35. The summed E-state index contributed by atoms with van der Waals surface area (Å²) in [7, 11) is 0. The van der Waals surface area contributed by atoms with Crippen LogP contribution in [0.3, 0.4) is 0 Å². The number of carbonyl (C=O) groups excluding carboxylic acids is 3.